The topological polar surface area (TPSA) is 78.9 Å². The van der Waals surface area contributed by atoms with Crippen molar-refractivity contribution in [1.29, 1.82) is 0 Å². The Labute approximate surface area is 152 Å². The molecule has 1 amide bonds. The van der Waals surface area contributed by atoms with Gasteiger partial charge in [0.1, 0.15) is 0 Å². The third-order valence-corrected chi connectivity index (χ3v) is 4.52. The van der Waals surface area contributed by atoms with Gasteiger partial charge in [-0.05, 0) is 48.9 Å². The summed E-state index contributed by atoms with van der Waals surface area (Å²) in [6.07, 6.45) is 0. The van der Waals surface area contributed by atoms with E-state index in [1.54, 1.807) is 43.3 Å². The van der Waals surface area contributed by atoms with Gasteiger partial charge in [-0.3, -0.25) is 9.59 Å². The molecule has 1 fully saturated rings. The fourth-order valence-corrected chi connectivity index (χ4v) is 2.88. The van der Waals surface area contributed by atoms with Crippen LogP contribution in [0.25, 0.3) is 0 Å². The fraction of sp³-hybridized carbons (Fsp3) is 0.300. The normalized spacial score (nSPS) is 15.3. The number of carboxylic acid groups (broad SMARTS) is 1. The number of benzene rings is 2. The van der Waals surface area contributed by atoms with Gasteiger partial charge < -0.3 is 20.1 Å². The Kier molecular flexibility index (Phi) is 5.53. The SMILES string of the molecule is CC(C(=O)O)c1cccc(NC(=O)c2ccc(N3CCOCC3)cc2)c1. The zero-order chi connectivity index (χ0) is 18.5. The second-order valence-electron chi connectivity index (χ2n) is 6.29. The van der Waals surface area contributed by atoms with Crippen molar-refractivity contribution in [2.24, 2.45) is 0 Å². The van der Waals surface area contributed by atoms with Gasteiger partial charge in [-0.2, -0.15) is 0 Å². The van der Waals surface area contributed by atoms with Gasteiger partial charge in [0, 0.05) is 30.0 Å². The average molecular weight is 354 g/mol. The van der Waals surface area contributed by atoms with E-state index in [4.69, 9.17) is 9.84 Å². The number of ether oxygens (including phenoxy) is 1. The fourth-order valence-electron chi connectivity index (χ4n) is 2.88. The molecule has 0 aromatic heterocycles. The highest BCUT2D eigenvalue weighted by molar-refractivity contribution is 6.04. The lowest BCUT2D eigenvalue weighted by molar-refractivity contribution is -0.138. The minimum absolute atomic E-state index is 0.223. The van der Waals surface area contributed by atoms with Crippen LogP contribution in [0.15, 0.2) is 48.5 Å². The summed E-state index contributed by atoms with van der Waals surface area (Å²) in [5.41, 5.74) is 2.86. The predicted octanol–water partition coefficient (Wildman–Crippen LogP) is 2.96. The summed E-state index contributed by atoms with van der Waals surface area (Å²) >= 11 is 0. The maximum absolute atomic E-state index is 12.5. The number of hydrogen-bond acceptors (Lipinski definition) is 4. The van der Waals surface area contributed by atoms with Gasteiger partial charge in [0.05, 0.1) is 19.1 Å². The molecule has 1 heterocycles. The van der Waals surface area contributed by atoms with E-state index in [0.29, 0.717) is 30.0 Å². The molecule has 2 N–H and O–H groups in total. The summed E-state index contributed by atoms with van der Waals surface area (Å²) < 4.78 is 5.35. The third-order valence-electron chi connectivity index (χ3n) is 4.52. The van der Waals surface area contributed by atoms with Gasteiger partial charge in [0.15, 0.2) is 0 Å². The molecule has 6 heteroatoms. The molecular weight excluding hydrogens is 332 g/mol. The molecule has 1 atom stereocenters. The Morgan fingerprint density at radius 2 is 1.81 bits per heavy atom. The van der Waals surface area contributed by atoms with Crippen LogP contribution in [0, 0.1) is 0 Å². The third kappa shape index (κ3) is 4.21. The summed E-state index contributed by atoms with van der Waals surface area (Å²) in [7, 11) is 0. The molecule has 2 aromatic carbocycles. The molecule has 1 aliphatic rings. The van der Waals surface area contributed by atoms with Crippen LogP contribution in [0.2, 0.25) is 0 Å². The Morgan fingerprint density at radius 3 is 2.46 bits per heavy atom. The van der Waals surface area contributed by atoms with Crippen molar-refractivity contribution in [2.45, 2.75) is 12.8 Å². The van der Waals surface area contributed by atoms with E-state index < -0.39 is 11.9 Å². The molecule has 0 spiro atoms. The van der Waals surface area contributed by atoms with Crippen LogP contribution in [-0.4, -0.2) is 43.3 Å². The molecule has 0 bridgehead atoms. The number of carbonyl (C=O) groups excluding carboxylic acids is 1. The minimum atomic E-state index is -0.896. The van der Waals surface area contributed by atoms with E-state index >= 15 is 0 Å². The highest BCUT2D eigenvalue weighted by Gasteiger charge is 2.15. The highest BCUT2D eigenvalue weighted by atomic mass is 16.5. The molecule has 0 aliphatic carbocycles. The predicted molar refractivity (Wildman–Crippen MR) is 99.9 cm³/mol. The quantitative estimate of drug-likeness (QED) is 0.863. The molecule has 0 saturated carbocycles. The summed E-state index contributed by atoms with van der Waals surface area (Å²) in [4.78, 5) is 25.8. The molecule has 2 aromatic rings. The van der Waals surface area contributed by atoms with Crippen LogP contribution in [-0.2, 0) is 9.53 Å². The first-order valence-electron chi connectivity index (χ1n) is 8.61. The first-order chi connectivity index (χ1) is 12.5. The number of aliphatic carboxylic acids is 1. The van der Waals surface area contributed by atoms with Gasteiger partial charge in [-0.1, -0.05) is 12.1 Å². The molecule has 26 heavy (non-hydrogen) atoms. The molecule has 3 rings (SSSR count). The van der Waals surface area contributed by atoms with E-state index in [1.807, 2.05) is 12.1 Å². The molecule has 1 aliphatic heterocycles. The van der Waals surface area contributed by atoms with E-state index in [1.165, 1.54) is 0 Å². The van der Waals surface area contributed by atoms with Gasteiger partial charge >= 0.3 is 5.97 Å². The number of nitrogens with zero attached hydrogens (tertiary/aromatic N) is 1. The van der Waals surface area contributed by atoms with Gasteiger partial charge in [0.2, 0.25) is 0 Å². The van der Waals surface area contributed by atoms with Crippen LogP contribution in [0.3, 0.4) is 0 Å². The minimum Gasteiger partial charge on any atom is -0.481 e. The van der Waals surface area contributed by atoms with E-state index in [0.717, 1.165) is 18.8 Å². The Bertz CT molecular complexity index is 783. The maximum atomic E-state index is 12.5. The van der Waals surface area contributed by atoms with Crippen molar-refractivity contribution in [3.8, 4) is 0 Å². The second kappa shape index (κ2) is 8.01. The number of carboxylic acids is 1. The number of morpholine rings is 1. The van der Waals surface area contributed by atoms with Crippen LogP contribution in [0.4, 0.5) is 11.4 Å². The molecule has 1 unspecified atom stereocenters. The van der Waals surface area contributed by atoms with E-state index in [2.05, 4.69) is 10.2 Å². The summed E-state index contributed by atoms with van der Waals surface area (Å²) in [5.74, 6) is -1.74. The van der Waals surface area contributed by atoms with Crippen LogP contribution in [0.5, 0.6) is 0 Å². The van der Waals surface area contributed by atoms with Gasteiger partial charge in [-0.25, -0.2) is 0 Å². The molecule has 0 radical (unpaired) electrons. The van der Waals surface area contributed by atoms with Crippen molar-refractivity contribution in [2.75, 3.05) is 36.5 Å². The zero-order valence-electron chi connectivity index (χ0n) is 14.6. The largest absolute Gasteiger partial charge is 0.481 e. The lowest BCUT2D eigenvalue weighted by Gasteiger charge is -2.28. The summed E-state index contributed by atoms with van der Waals surface area (Å²) in [5, 5.41) is 11.9. The molecular formula is C20H22N2O4. The number of rotatable bonds is 5. The number of carbonyl (C=O) groups is 2. The monoisotopic (exact) mass is 354 g/mol. The first kappa shape index (κ1) is 17.9. The van der Waals surface area contributed by atoms with Crippen LogP contribution < -0.4 is 10.2 Å². The highest BCUT2D eigenvalue weighted by Crippen LogP contribution is 2.21. The van der Waals surface area contributed by atoms with Crippen molar-refractivity contribution in [3.63, 3.8) is 0 Å². The number of nitrogens with one attached hydrogen (secondary N) is 1. The number of hydrogen-bond donors (Lipinski definition) is 2. The zero-order valence-corrected chi connectivity index (χ0v) is 14.6. The van der Waals surface area contributed by atoms with Crippen molar-refractivity contribution < 1.29 is 19.4 Å². The summed E-state index contributed by atoms with van der Waals surface area (Å²) in [6, 6.07) is 14.4. The molecule has 136 valence electrons. The van der Waals surface area contributed by atoms with Gasteiger partial charge in [-0.15, -0.1) is 0 Å². The number of anilines is 2. The second-order valence-corrected chi connectivity index (χ2v) is 6.29. The Hall–Kier alpha value is -2.86. The summed E-state index contributed by atoms with van der Waals surface area (Å²) in [6.45, 7) is 4.74. The smallest absolute Gasteiger partial charge is 0.310 e. The Balaban J connectivity index is 1.68. The Morgan fingerprint density at radius 1 is 1.12 bits per heavy atom. The number of amides is 1. The van der Waals surface area contributed by atoms with Crippen molar-refractivity contribution >= 4 is 23.3 Å². The maximum Gasteiger partial charge on any atom is 0.310 e. The van der Waals surface area contributed by atoms with Crippen molar-refractivity contribution in [3.05, 3.63) is 59.7 Å². The molecule has 6 nitrogen and oxygen atoms in total. The van der Waals surface area contributed by atoms with Gasteiger partial charge in [0.25, 0.3) is 5.91 Å². The first-order valence-corrected chi connectivity index (χ1v) is 8.61. The lowest BCUT2D eigenvalue weighted by Crippen LogP contribution is -2.36. The van der Waals surface area contributed by atoms with Crippen molar-refractivity contribution in [1.82, 2.24) is 0 Å². The van der Waals surface area contributed by atoms with E-state index in [9.17, 15) is 9.59 Å². The van der Waals surface area contributed by atoms with Crippen LogP contribution in [0.1, 0.15) is 28.8 Å². The molecule has 1 saturated heterocycles. The van der Waals surface area contributed by atoms with Crippen LogP contribution >= 0.6 is 0 Å². The lowest BCUT2D eigenvalue weighted by atomic mass is 10.0. The standard InChI is InChI=1S/C20H22N2O4/c1-14(20(24)25)16-3-2-4-17(13-16)21-19(23)15-5-7-18(8-6-15)22-9-11-26-12-10-22/h2-8,13-14H,9-12H2,1H3,(H,21,23)(H,24,25). The van der Waals surface area contributed by atoms with E-state index in [-0.39, 0.29) is 5.91 Å². The average Bonchev–Trinajstić information content (AvgIpc) is 2.68.